The van der Waals surface area contributed by atoms with Crippen molar-refractivity contribution in [2.75, 3.05) is 26.2 Å². The molecule has 3 aliphatic rings. The van der Waals surface area contributed by atoms with Gasteiger partial charge in [0.2, 0.25) is 5.96 Å². The van der Waals surface area contributed by atoms with E-state index in [0.29, 0.717) is 32.1 Å². The molecule has 0 saturated carbocycles. The Morgan fingerprint density at radius 3 is 2.45 bits per heavy atom. The highest BCUT2D eigenvalue weighted by atomic mass is 16.3. The predicted molar refractivity (Wildman–Crippen MR) is 114 cm³/mol. The Labute approximate surface area is 180 Å². The number of rotatable bonds is 4. The van der Waals surface area contributed by atoms with Crippen LogP contribution in [0.5, 0.6) is 17.2 Å². The molecule has 1 amide bonds. The summed E-state index contributed by atoms with van der Waals surface area (Å²) in [5, 5.41) is 28.9. The highest BCUT2D eigenvalue weighted by Gasteiger charge is 2.40. The van der Waals surface area contributed by atoms with Gasteiger partial charge in [-0.1, -0.05) is 18.2 Å². The summed E-state index contributed by atoms with van der Waals surface area (Å²) in [6.45, 7) is 3.75. The van der Waals surface area contributed by atoms with E-state index in [9.17, 15) is 20.1 Å². The lowest BCUT2D eigenvalue weighted by Gasteiger charge is -2.42. The molecule has 0 aromatic heterocycles. The summed E-state index contributed by atoms with van der Waals surface area (Å²) in [5.74, 6) is 0.607. The molecule has 2 aromatic carbocycles. The van der Waals surface area contributed by atoms with Crippen molar-refractivity contribution in [2.24, 2.45) is 4.99 Å². The van der Waals surface area contributed by atoms with Crippen LogP contribution in [-0.2, 0) is 17.9 Å². The van der Waals surface area contributed by atoms with E-state index in [1.54, 1.807) is 29.2 Å². The zero-order valence-electron chi connectivity index (χ0n) is 17.0. The lowest BCUT2D eigenvalue weighted by Crippen LogP contribution is -2.53. The van der Waals surface area contributed by atoms with Gasteiger partial charge in [-0.3, -0.25) is 19.6 Å². The zero-order valence-corrected chi connectivity index (χ0v) is 17.0. The largest absolute Gasteiger partial charge is 0.508 e. The second-order valence-electron chi connectivity index (χ2n) is 8.10. The van der Waals surface area contributed by atoms with Gasteiger partial charge in [-0.2, -0.15) is 0 Å². The molecule has 0 spiro atoms. The number of nitrogens with zero attached hydrogens (tertiary/aromatic N) is 4. The van der Waals surface area contributed by atoms with E-state index in [2.05, 4.69) is 14.8 Å². The second-order valence-corrected chi connectivity index (χ2v) is 8.10. The molecule has 0 radical (unpaired) electrons. The van der Waals surface area contributed by atoms with Gasteiger partial charge in [0.05, 0.1) is 18.7 Å². The highest BCUT2D eigenvalue weighted by Crippen LogP contribution is 2.33. The van der Waals surface area contributed by atoms with Crippen LogP contribution < -0.4 is 0 Å². The number of benzene rings is 2. The first kappa shape index (κ1) is 19.4. The van der Waals surface area contributed by atoms with Crippen molar-refractivity contribution in [1.29, 1.82) is 0 Å². The molecule has 160 valence electrons. The summed E-state index contributed by atoms with van der Waals surface area (Å²) in [5.41, 5.74) is 3.66. The Morgan fingerprint density at radius 2 is 1.68 bits per heavy atom. The molecule has 0 bridgehead atoms. The smallest absolute Gasteiger partial charge is 0.259 e. The fourth-order valence-corrected chi connectivity index (χ4v) is 4.46. The molecular weight excluding hydrogens is 396 g/mol. The van der Waals surface area contributed by atoms with Crippen LogP contribution in [0.4, 0.5) is 0 Å². The van der Waals surface area contributed by atoms with E-state index in [4.69, 9.17) is 0 Å². The van der Waals surface area contributed by atoms with Gasteiger partial charge in [0, 0.05) is 38.3 Å². The Kier molecular flexibility index (Phi) is 4.78. The standard InChI is InChI=1S/C23H24N4O4/c28-17-4-1-15(2-5-17)13-27-22(31)18-14-25(12-16-3-6-20(29)21(30)11-16)9-7-19(18)26-10-8-24-23(26)27/h1-6,11,28-30H,7-10,12-14H2. The molecule has 3 heterocycles. The molecule has 5 rings (SSSR count). The number of hydrogen-bond acceptors (Lipinski definition) is 7. The first-order valence-corrected chi connectivity index (χ1v) is 10.4. The number of hydrogen-bond donors (Lipinski definition) is 3. The molecule has 0 aliphatic carbocycles. The quantitative estimate of drug-likeness (QED) is 0.654. The van der Waals surface area contributed by atoms with Crippen LogP contribution in [0.15, 0.2) is 58.7 Å². The molecular formula is C23H24N4O4. The number of fused-ring (bicyclic) bond motifs is 2. The van der Waals surface area contributed by atoms with Crippen LogP contribution in [0.2, 0.25) is 0 Å². The maximum absolute atomic E-state index is 13.5. The van der Waals surface area contributed by atoms with E-state index in [0.717, 1.165) is 41.9 Å². The van der Waals surface area contributed by atoms with E-state index in [-0.39, 0.29) is 23.2 Å². The zero-order chi connectivity index (χ0) is 21.5. The van der Waals surface area contributed by atoms with Crippen molar-refractivity contribution >= 4 is 11.9 Å². The Morgan fingerprint density at radius 1 is 0.903 bits per heavy atom. The van der Waals surface area contributed by atoms with Crippen molar-refractivity contribution in [3.63, 3.8) is 0 Å². The third-order valence-electron chi connectivity index (χ3n) is 6.01. The van der Waals surface area contributed by atoms with Crippen molar-refractivity contribution in [3.05, 3.63) is 64.9 Å². The third-order valence-corrected chi connectivity index (χ3v) is 6.01. The fraction of sp³-hybridized carbons (Fsp3) is 0.304. The first-order valence-electron chi connectivity index (χ1n) is 10.4. The lowest BCUT2D eigenvalue weighted by molar-refractivity contribution is -0.125. The van der Waals surface area contributed by atoms with Crippen LogP contribution in [0.25, 0.3) is 0 Å². The van der Waals surface area contributed by atoms with Crippen molar-refractivity contribution in [1.82, 2.24) is 14.7 Å². The molecule has 31 heavy (non-hydrogen) atoms. The van der Waals surface area contributed by atoms with Gasteiger partial charge in [0.25, 0.3) is 5.91 Å². The minimum atomic E-state index is -0.138. The van der Waals surface area contributed by atoms with E-state index in [1.807, 2.05) is 12.1 Å². The van der Waals surface area contributed by atoms with Crippen LogP contribution in [0, 0.1) is 0 Å². The molecule has 2 aromatic rings. The maximum Gasteiger partial charge on any atom is 0.259 e. The summed E-state index contributed by atoms with van der Waals surface area (Å²) in [7, 11) is 0. The van der Waals surface area contributed by atoms with Gasteiger partial charge in [0.1, 0.15) is 5.75 Å². The fourth-order valence-electron chi connectivity index (χ4n) is 4.46. The van der Waals surface area contributed by atoms with E-state index in [1.165, 1.54) is 6.07 Å². The van der Waals surface area contributed by atoms with Crippen LogP contribution >= 0.6 is 0 Å². The predicted octanol–water partition coefficient (Wildman–Crippen LogP) is 1.98. The maximum atomic E-state index is 13.5. The number of phenols is 3. The molecule has 0 atom stereocenters. The van der Waals surface area contributed by atoms with Gasteiger partial charge in [-0.05, 0) is 35.4 Å². The molecule has 8 heteroatoms. The number of carbonyl (C=O) groups excluding carboxylic acids is 1. The molecule has 0 saturated heterocycles. The number of aliphatic imine (C=N–C) groups is 1. The summed E-state index contributed by atoms with van der Waals surface area (Å²) in [4.78, 5) is 24.2. The van der Waals surface area contributed by atoms with Crippen molar-refractivity contribution < 1.29 is 20.1 Å². The van der Waals surface area contributed by atoms with Crippen LogP contribution in [0.1, 0.15) is 17.5 Å². The summed E-state index contributed by atoms with van der Waals surface area (Å²) in [6, 6.07) is 11.7. The normalized spacial score (nSPS) is 18.8. The van der Waals surface area contributed by atoms with Gasteiger partial charge in [-0.25, -0.2) is 0 Å². The molecule has 0 unspecified atom stereocenters. The van der Waals surface area contributed by atoms with Gasteiger partial charge < -0.3 is 20.2 Å². The number of amides is 1. The molecule has 3 aliphatic heterocycles. The van der Waals surface area contributed by atoms with E-state index >= 15 is 0 Å². The average Bonchev–Trinajstić information content (AvgIpc) is 3.25. The van der Waals surface area contributed by atoms with Crippen molar-refractivity contribution in [2.45, 2.75) is 19.5 Å². The van der Waals surface area contributed by atoms with Gasteiger partial charge in [0.15, 0.2) is 11.5 Å². The Balaban J connectivity index is 1.39. The van der Waals surface area contributed by atoms with E-state index < -0.39 is 0 Å². The number of guanidine groups is 1. The summed E-state index contributed by atoms with van der Waals surface area (Å²) in [6.07, 6.45) is 0.761. The lowest BCUT2D eigenvalue weighted by atomic mass is 10.00. The second kappa shape index (κ2) is 7.63. The molecule has 0 fully saturated rings. The monoisotopic (exact) mass is 420 g/mol. The molecule has 3 N–H and O–H groups in total. The Hall–Kier alpha value is -3.52. The number of aromatic hydroxyl groups is 3. The highest BCUT2D eigenvalue weighted by molar-refractivity contribution is 6.09. The molecule has 8 nitrogen and oxygen atoms in total. The van der Waals surface area contributed by atoms with Crippen LogP contribution in [0.3, 0.4) is 0 Å². The number of carbonyl (C=O) groups is 1. The van der Waals surface area contributed by atoms with Crippen molar-refractivity contribution in [3.8, 4) is 17.2 Å². The SMILES string of the molecule is O=C1C2=C(CCN(Cc3ccc(O)c(O)c3)C2)N2CCN=C2N1Cc1ccc(O)cc1. The minimum Gasteiger partial charge on any atom is -0.508 e. The average molecular weight is 420 g/mol. The first-order chi connectivity index (χ1) is 15.0. The Bertz CT molecular complexity index is 1090. The minimum absolute atomic E-state index is 0.0294. The summed E-state index contributed by atoms with van der Waals surface area (Å²) < 4.78 is 0. The topological polar surface area (TPSA) is 99.8 Å². The van der Waals surface area contributed by atoms with Crippen LogP contribution in [-0.4, -0.2) is 68.1 Å². The van der Waals surface area contributed by atoms with Gasteiger partial charge in [-0.15, -0.1) is 0 Å². The third kappa shape index (κ3) is 3.59. The summed E-state index contributed by atoms with van der Waals surface area (Å²) >= 11 is 0. The van der Waals surface area contributed by atoms with Gasteiger partial charge >= 0.3 is 0 Å². The number of phenolic OH excluding ortho intramolecular Hbond substituents is 3.